The molecule has 3 nitrogen and oxygen atoms in total. The number of benzene rings is 1. The summed E-state index contributed by atoms with van der Waals surface area (Å²) in [5, 5.41) is 13.3. The van der Waals surface area contributed by atoms with Crippen molar-refractivity contribution in [3.05, 3.63) is 51.2 Å². The molecule has 0 atom stereocenters. The summed E-state index contributed by atoms with van der Waals surface area (Å²) >= 11 is 12.4. The Morgan fingerprint density at radius 3 is 2.68 bits per heavy atom. The zero-order valence-corrected chi connectivity index (χ0v) is 16.8. The van der Waals surface area contributed by atoms with Crippen LogP contribution >= 0.6 is 23.2 Å². The first-order chi connectivity index (χ1) is 12.0. The Balaban J connectivity index is 2.42. The number of unbranched alkanes of at least 4 members (excludes halogenated alkanes) is 1. The summed E-state index contributed by atoms with van der Waals surface area (Å²) in [5.74, 6) is 0.524. The first-order valence-electron chi connectivity index (χ1n) is 8.95. The molecule has 0 radical (unpaired) electrons. The second-order valence-corrected chi connectivity index (χ2v) is 7.02. The fourth-order valence-corrected chi connectivity index (χ4v) is 3.75. The predicted molar refractivity (Wildman–Crippen MR) is 110 cm³/mol. The van der Waals surface area contributed by atoms with E-state index in [1.807, 2.05) is 24.1 Å². The monoisotopic (exact) mass is 379 g/mol. The van der Waals surface area contributed by atoms with Crippen molar-refractivity contribution in [2.75, 3.05) is 18.5 Å². The summed E-state index contributed by atoms with van der Waals surface area (Å²) in [6, 6.07) is 5.46. The third kappa shape index (κ3) is 4.59. The number of anilines is 1. The Hall–Kier alpha value is -1.45. The molecule has 136 valence electrons. The van der Waals surface area contributed by atoms with Gasteiger partial charge in [-0.2, -0.15) is 0 Å². The average molecular weight is 380 g/mol. The van der Waals surface area contributed by atoms with Gasteiger partial charge in [0.1, 0.15) is 5.84 Å². The first kappa shape index (κ1) is 19.9. The minimum absolute atomic E-state index is 0.524. The maximum atomic E-state index is 8.78. The zero-order valence-electron chi connectivity index (χ0n) is 15.3. The molecule has 0 aromatic heterocycles. The molecule has 25 heavy (non-hydrogen) atoms. The smallest absolute Gasteiger partial charge is 0.130 e. The van der Waals surface area contributed by atoms with Gasteiger partial charge in [0.05, 0.1) is 10.7 Å². The third-order valence-corrected chi connectivity index (χ3v) is 5.04. The number of amidine groups is 1. The number of nitrogens with zero attached hydrogens (tertiary/aromatic N) is 1. The van der Waals surface area contributed by atoms with Crippen LogP contribution in [0.2, 0.25) is 10.0 Å². The lowest BCUT2D eigenvalue weighted by atomic mass is 9.95. The predicted octanol–water partition coefficient (Wildman–Crippen LogP) is 6.18. The minimum atomic E-state index is 0.524. The fourth-order valence-electron chi connectivity index (χ4n) is 3.24. The summed E-state index contributed by atoms with van der Waals surface area (Å²) in [4.78, 5) is 1.99. The van der Waals surface area contributed by atoms with E-state index in [1.165, 1.54) is 5.57 Å². The number of hydrogen-bond donors (Lipinski definition) is 2. The average Bonchev–Trinajstić information content (AvgIpc) is 2.60. The standard InChI is InChI=1S/C20H27Cl2N3/c1-4-6-8-14(5-2)19(24-3)16-9-7-12-25(20(16)23)18-11-10-15(21)13-17(18)22/h8,10-11,13,23-24H,4-7,9,12H2,1-3H3/b14-8+,19-16-,23-20?. The van der Waals surface area contributed by atoms with Crippen molar-refractivity contribution >= 4 is 34.7 Å². The van der Waals surface area contributed by atoms with E-state index in [9.17, 15) is 0 Å². The van der Waals surface area contributed by atoms with E-state index < -0.39 is 0 Å². The van der Waals surface area contributed by atoms with Gasteiger partial charge < -0.3 is 10.2 Å². The molecule has 1 heterocycles. The van der Waals surface area contributed by atoms with E-state index in [-0.39, 0.29) is 0 Å². The maximum absolute atomic E-state index is 8.78. The molecule has 1 aliphatic rings. The summed E-state index contributed by atoms with van der Waals surface area (Å²) in [6.45, 7) is 5.14. The highest BCUT2D eigenvalue weighted by Crippen LogP contribution is 2.34. The molecule has 0 aliphatic carbocycles. The Labute approximate surface area is 161 Å². The normalized spacial score (nSPS) is 17.7. The van der Waals surface area contributed by atoms with Crippen LogP contribution in [-0.4, -0.2) is 19.4 Å². The van der Waals surface area contributed by atoms with Gasteiger partial charge >= 0.3 is 0 Å². The van der Waals surface area contributed by atoms with E-state index >= 15 is 0 Å². The molecule has 1 aromatic carbocycles. The van der Waals surface area contributed by atoms with Crippen molar-refractivity contribution in [1.82, 2.24) is 5.32 Å². The molecule has 0 saturated carbocycles. The highest BCUT2D eigenvalue weighted by Gasteiger charge is 2.26. The molecule has 1 aromatic rings. The molecule has 0 unspecified atom stereocenters. The molecule has 1 saturated heterocycles. The molecule has 5 heteroatoms. The van der Waals surface area contributed by atoms with Gasteiger partial charge in [-0.05, 0) is 49.5 Å². The van der Waals surface area contributed by atoms with Gasteiger partial charge in [0.2, 0.25) is 0 Å². The van der Waals surface area contributed by atoms with Crippen molar-refractivity contribution in [3.8, 4) is 0 Å². The van der Waals surface area contributed by atoms with Crippen LogP contribution < -0.4 is 10.2 Å². The largest absolute Gasteiger partial charge is 0.388 e. The molecule has 1 aliphatic heterocycles. The Bertz CT molecular complexity index is 692. The number of likely N-dealkylation sites (N-methyl/N-ethyl adjacent to an activating group) is 1. The van der Waals surface area contributed by atoms with Crippen LogP contribution in [0.3, 0.4) is 0 Å². The van der Waals surface area contributed by atoms with Gasteiger partial charge in [0.15, 0.2) is 0 Å². The SMILES string of the molecule is CCC/C=C(CC)/C(NC)=C1\CCCN(c2ccc(Cl)cc2Cl)C1=N. The lowest BCUT2D eigenvalue weighted by molar-refractivity contribution is 0.764. The van der Waals surface area contributed by atoms with Crippen molar-refractivity contribution in [3.63, 3.8) is 0 Å². The van der Waals surface area contributed by atoms with Crippen LogP contribution in [0.4, 0.5) is 5.69 Å². The van der Waals surface area contributed by atoms with Crippen molar-refractivity contribution in [2.24, 2.45) is 0 Å². The van der Waals surface area contributed by atoms with Crippen LogP contribution in [0.1, 0.15) is 46.0 Å². The molecule has 2 N–H and O–H groups in total. The summed E-state index contributed by atoms with van der Waals surface area (Å²) in [6.07, 6.45) is 7.32. The molecule has 1 fully saturated rings. The number of rotatable bonds is 6. The Kier molecular flexibility index (Phi) is 7.39. The number of halogens is 2. The summed E-state index contributed by atoms with van der Waals surface area (Å²) < 4.78 is 0. The van der Waals surface area contributed by atoms with E-state index in [0.29, 0.717) is 15.9 Å². The van der Waals surface area contributed by atoms with Crippen molar-refractivity contribution in [2.45, 2.75) is 46.0 Å². The molecular formula is C20H27Cl2N3. The lowest BCUT2D eigenvalue weighted by Gasteiger charge is -2.33. The van der Waals surface area contributed by atoms with Crippen molar-refractivity contribution in [1.29, 1.82) is 5.41 Å². The van der Waals surface area contributed by atoms with Gasteiger partial charge in [-0.15, -0.1) is 0 Å². The minimum Gasteiger partial charge on any atom is -0.388 e. The molecule has 2 rings (SSSR count). The van der Waals surface area contributed by atoms with Gasteiger partial charge in [-0.1, -0.05) is 49.5 Å². The van der Waals surface area contributed by atoms with Gasteiger partial charge in [0.25, 0.3) is 0 Å². The van der Waals surface area contributed by atoms with E-state index in [2.05, 4.69) is 25.2 Å². The maximum Gasteiger partial charge on any atom is 0.130 e. The highest BCUT2D eigenvalue weighted by atomic mass is 35.5. The second-order valence-electron chi connectivity index (χ2n) is 6.17. The van der Waals surface area contributed by atoms with Crippen LogP contribution in [-0.2, 0) is 0 Å². The fraction of sp³-hybridized carbons (Fsp3) is 0.450. The summed E-state index contributed by atoms with van der Waals surface area (Å²) in [7, 11) is 1.94. The highest BCUT2D eigenvalue weighted by molar-refractivity contribution is 6.37. The van der Waals surface area contributed by atoms with E-state index in [0.717, 1.165) is 55.6 Å². The molecule has 0 bridgehead atoms. The first-order valence-corrected chi connectivity index (χ1v) is 9.70. The van der Waals surface area contributed by atoms with Gasteiger partial charge in [0, 0.05) is 29.9 Å². The van der Waals surface area contributed by atoms with E-state index in [1.54, 1.807) is 6.07 Å². The molecule has 0 amide bonds. The number of piperidine rings is 1. The van der Waals surface area contributed by atoms with Gasteiger partial charge in [-0.25, -0.2) is 0 Å². The quantitative estimate of drug-likeness (QED) is 0.618. The van der Waals surface area contributed by atoms with E-state index in [4.69, 9.17) is 28.6 Å². The Morgan fingerprint density at radius 2 is 2.08 bits per heavy atom. The van der Waals surface area contributed by atoms with Crippen LogP contribution in [0.5, 0.6) is 0 Å². The topological polar surface area (TPSA) is 39.1 Å². The molecular weight excluding hydrogens is 353 g/mol. The zero-order chi connectivity index (χ0) is 18.4. The van der Waals surface area contributed by atoms with Crippen LogP contribution in [0.25, 0.3) is 0 Å². The Morgan fingerprint density at radius 1 is 1.32 bits per heavy atom. The number of hydrogen-bond acceptors (Lipinski definition) is 2. The molecule has 0 spiro atoms. The lowest BCUT2D eigenvalue weighted by Crippen LogP contribution is -2.38. The van der Waals surface area contributed by atoms with Crippen LogP contribution in [0, 0.1) is 5.41 Å². The third-order valence-electron chi connectivity index (χ3n) is 4.50. The second kappa shape index (κ2) is 9.30. The number of nitrogens with one attached hydrogen (secondary N) is 2. The number of allylic oxidation sites excluding steroid dienone is 2. The van der Waals surface area contributed by atoms with Crippen molar-refractivity contribution < 1.29 is 0 Å². The summed E-state index contributed by atoms with van der Waals surface area (Å²) in [5.41, 5.74) is 4.28. The van der Waals surface area contributed by atoms with Gasteiger partial charge in [-0.3, -0.25) is 5.41 Å². The van der Waals surface area contributed by atoms with Crippen LogP contribution in [0.15, 0.2) is 41.1 Å².